The molecule has 3 heteroatoms. The molecule has 1 aliphatic heterocycles. The SMILES string of the molecule is C[C@@H]1CCC[C@H](C)N1C(=O)Cc1ccc(C#N)cc1. The summed E-state index contributed by atoms with van der Waals surface area (Å²) in [5.74, 6) is 0.199. The number of hydrogen-bond acceptors (Lipinski definition) is 2. The second kappa shape index (κ2) is 5.88. The molecular weight excluding hydrogens is 236 g/mol. The van der Waals surface area contributed by atoms with Crippen molar-refractivity contribution in [1.29, 1.82) is 5.26 Å². The lowest BCUT2D eigenvalue weighted by Crippen LogP contribution is -2.48. The number of piperidine rings is 1. The quantitative estimate of drug-likeness (QED) is 0.816. The number of carbonyl (C=O) groups is 1. The van der Waals surface area contributed by atoms with Gasteiger partial charge in [0.15, 0.2) is 0 Å². The van der Waals surface area contributed by atoms with Gasteiger partial charge in [-0.05, 0) is 50.8 Å². The molecule has 1 aliphatic rings. The van der Waals surface area contributed by atoms with E-state index in [0.29, 0.717) is 24.1 Å². The summed E-state index contributed by atoms with van der Waals surface area (Å²) >= 11 is 0. The van der Waals surface area contributed by atoms with E-state index in [1.54, 1.807) is 12.1 Å². The molecule has 0 radical (unpaired) electrons. The molecule has 19 heavy (non-hydrogen) atoms. The summed E-state index contributed by atoms with van der Waals surface area (Å²) in [5, 5.41) is 8.76. The fraction of sp³-hybridized carbons (Fsp3) is 0.500. The van der Waals surface area contributed by atoms with Gasteiger partial charge in [-0.15, -0.1) is 0 Å². The first kappa shape index (κ1) is 13.6. The molecule has 2 atom stereocenters. The average molecular weight is 256 g/mol. The third-order valence-corrected chi connectivity index (χ3v) is 3.92. The maximum Gasteiger partial charge on any atom is 0.227 e. The van der Waals surface area contributed by atoms with Gasteiger partial charge in [0.1, 0.15) is 0 Å². The van der Waals surface area contributed by atoms with E-state index in [2.05, 4.69) is 19.9 Å². The maximum atomic E-state index is 12.4. The van der Waals surface area contributed by atoms with E-state index in [1.807, 2.05) is 17.0 Å². The Hall–Kier alpha value is -1.82. The predicted octanol–water partition coefficient (Wildman–Crippen LogP) is 2.89. The Balaban J connectivity index is 2.05. The molecule has 0 aliphatic carbocycles. The third kappa shape index (κ3) is 3.14. The molecule has 0 N–H and O–H groups in total. The molecule has 0 aromatic heterocycles. The summed E-state index contributed by atoms with van der Waals surface area (Å²) in [6.07, 6.45) is 3.84. The maximum absolute atomic E-state index is 12.4. The van der Waals surface area contributed by atoms with Crippen LogP contribution in [-0.2, 0) is 11.2 Å². The Labute approximate surface area is 114 Å². The number of likely N-dealkylation sites (tertiary alicyclic amines) is 1. The van der Waals surface area contributed by atoms with Gasteiger partial charge in [0.05, 0.1) is 18.1 Å². The van der Waals surface area contributed by atoms with Crippen molar-refractivity contribution in [3.8, 4) is 6.07 Å². The van der Waals surface area contributed by atoms with Gasteiger partial charge in [-0.3, -0.25) is 4.79 Å². The van der Waals surface area contributed by atoms with Crippen molar-refractivity contribution >= 4 is 5.91 Å². The monoisotopic (exact) mass is 256 g/mol. The van der Waals surface area contributed by atoms with E-state index < -0.39 is 0 Å². The van der Waals surface area contributed by atoms with Crippen molar-refractivity contribution in [3.05, 3.63) is 35.4 Å². The van der Waals surface area contributed by atoms with Crippen LogP contribution in [-0.4, -0.2) is 22.9 Å². The number of rotatable bonds is 2. The predicted molar refractivity (Wildman–Crippen MR) is 74.5 cm³/mol. The Morgan fingerprint density at radius 1 is 1.26 bits per heavy atom. The van der Waals surface area contributed by atoms with Gasteiger partial charge < -0.3 is 4.90 Å². The van der Waals surface area contributed by atoms with Gasteiger partial charge in [0.25, 0.3) is 0 Å². The van der Waals surface area contributed by atoms with Crippen molar-refractivity contribution < 1.29 is 4.79 Å². The molecule has 1 heterocycles. The number of nitriles is 1. The molecule has 100 valence electrons. The normalized spacial score (nSPS) is 22.9. The molecule has 0 spiro atoms. The van der Waals surface area contributed by atoms with Crippen molar-refractivity contribution in [2.75, 3.05) is 0 Å². The molecule has 0 saturated carbocycles. The van der Waals surface area contributed by atoms with Crippen molar-refractivity contribution in [2.45, 2.75) is 51.6 Å². The van der Waals surface area contributed by atoms with Crippen LogP contribution in [0, 0.1) is 11.3 Å². The molecule has 1 aromatic rings. The van der Waals surface area contributed by atoms with E-state index in [9.17, 15) is 4.79 Å². The number of amides is 1. The van der Waals surface area contributed by atoms with Gasteiger partial charge in [-0.1, -0.05) is 12.1 Å². The Kier molecular flexibility index (Phi) is 4.21. The fourth-order valence-electron chi connectivity index (χ4n) is 2.88. The van der Waals surface area contributed by atoms with Crippen molar-refractivity contribution in [2.24, 2.45) is 0 Å². The largest absolute Gasteiger partial charge is 0.337 e. The highest BCUT2D eigenvalue weighted by atomic mass is 16.2. The summed E-state index contributed by atoms with van der Waals surface area (Å²) in [4.78, 5) is 14.4. The highest BCUT2D eigenvalue weighted by Gasteiger charge is 2.28. The second-order valence-electron chi connectivity index (χ2n) is 5.42. The number of benzene rings is 1. The second-order valence-corrected chi connectivity index (χ2v) is 5.42. The highest BCUT2D eigenvalue weighted by Crippen LogP contribution is 2.23. The van der Waals surface area contributed by atoms with Gasteiger partial charge in [0, 0.05) is 12.1 Å². The molecule has 1 amide bonds. The zero-order valence-corrected chi connectivity index (χ0v) is 11.6. The van der Waals surface area contributed by atoms with Crippen LogP contribution in [0.3, 0.4) is 0 Å². The Morgan fingerprint density at radius 3 is 2.37 bits per heavy atom. The van der Waals surface area contributed by atoms with Crippen LogP contribution in [0.2, 0.25) is 0 Å². The number of carbonyl (C=O) groups excluding carboxylic acids is 1. The lowest BCUT2D eigenvalue weighted by molar-refractivity contribution is -0.136. The average Bonchev–Trinajstić information content (AvgIpc) is 2.39. The first-order chi connectivity index (χ1) is 9.11. The molecule has 0 unspecified atom stereocenters. The van der Waals surface area contributed by atoms with Crippen LogP contribution >= 0.6 is 0 Å². The van der Waals surface area contributed by atoms with Crippen molar-refractivity contribution in [1.82, 2.24) is 4.90 Å². The van der Waals surface area contributed by atoms with Crippen LogP contribution < -0.4 is 0 Å². The Morgan fingerprint density at radius 2 is 1.84 bits per heavy atom. The van der Waals surface area contributed by atoms with Crippen LogP contribution in [0.15, 0.2) is 24.3 Å². The van der Waals surface area contributed by atoms with E-state index in [-0.39, 0.29) is 5.91 Å². The summed E-state index contributed by atoms with van der Waals surface area (Å²) in [5.41, 5.74) is 1.62. The molecule has 1 saturated heterocycles. The van der Waals surface area contributed by atoms with Crippen LogP contribution in [0.4, 0.5) is 0 Å². The molecular formula is C16H20N2O. The summed E-state index contributed by atoms with van der Waals surface area (Å²) < 4.78 is 0. The summed E-state index contributed by atoms with van der Waals surface area (Å²) in [6.45, 7) is 4.26. The van der Waals surface area contributed by atoms with Gasteiger partial charge in [0.2, 0.25) is 5.91 Å². The smallest absolute Gasteiger partial charge is 0.227 e. The van der Waals surface area contributed by atoms with Gasteiger partial charge in [-0.2, -0.15) is 5.26 Å². The van der Waals surface area contributed by atoms with Crippen LogP contribution in [0.25, 0.3) is 0 Å². The molecule has 1 aromatic carbocycles. The Bertz CT molecular complexity index is 476. The minimum absolute atomic E-state index is 0.199. The number of hydrogen-bond donors (Lipinski definition) is 0. The zero-order valence-electron chi connectivity index (χ0n) is 11.6. The van der Waals surface area contributed by atoms with Crippen molar-refractivity contribution in [3.63, 3.8) is 0 Å². The third-order valence-electron chi connectivity index (χ3n) is 3.92. The first-order valence-electron chi connectivity index (χ1n) is 6.92. The minimum atomic E-state index is 0.199. The van der Waals surface area contributed by atoms with Crippen LogP contribution in [0.5, 0.6) is 0 Å². The van der Waals surface area contributed by atoms with Gasteiger partial charge in [-0.25, -0.2) is 0 Å². The lowest BCUT2D eigenvalue weighted by Gasteiger charge is -2.39. The lowest BCUT2D eigenvalue weighted by atomic mass is 9.96. The minimum Gasteiger partial charge on any atom is -0.337 e. The van der Waals surface area contributed by atoms with E-state index in [0.717, 1.165) is 18.4 Å². The van der Waals surface area contributed by atoms with E-state index in [4.69, 9.17) is 5.26 Å². The summed E-state index contributed by atoms with van der Waals surface area (Å²) in [6, 6.07) is 10.1. The van der Waals surface area contributed by atoms with E-state index >= 15 is 0 Å². The summed E-state index contributed by atoms with van der Waals surface area (Å²) in [7, 11) is 0. The van der Waals surface area contributed by atoms with E-state index in [1.165, 1.54) is 6.42 Å². The topological polar surface area (TPSA) is 44.1 Å². The van der Waals surface area contributed by atoms with Gasteiger partial charge >= 0.3 is 0 Å². The fourth-order valence-corrected chi connectivity index (χ4v) is 2.88. The number of nitrogens with zero attached hydrogens (tertiary/aromatic N) is 2. The molecule has 0 bridgehead atoms. The van der Waals surface area contributed by atoms with Crippen LogP contribution in [0.1, 0.15) is 44.2 Å². The first-order valence-corrected chi connectivity index (χ1v) is 6.92. The highest BCUT2D eigenvalue weighted by molar-refractivity contribution is 5.79. The molecule has 2 rings (SSSR count). The standard InChI is InChI=1S/C16H20N2O/c1-12-4-3-5-13(2)18(12)16(19)10-14-6-8-15(11-17)9-7-14/h6-9,12-13H,3-5,10H2,1-2H3/t12-,13+. The molecule has 3 nitrogen and oxygen atoms in total. The molecule has 1 fully saturated rings. The zero-order chi connectivity index (χ0) is 13.8.